The fourth-order valence-corrected chi connectivity index (χ4v) is 3.30. The number of nitrogens with one attached hydrogen (secondary N) is 1. The predicted octanol–water partition coefficient (Wildman–Crippen LogP) is 4.78. The summed E-state index contributed by atoms with van der Waals surface area (Å²) in [5, 5.41) is 13.9. The molecule has 1 saturated carbocycles. The van der Waals surface area contributed by atoms with Gasteiger partial charge in [-0.15, -0.1) is 0 Å². The van der Waals surface area contributed by atoms with Gasteiger partial charge < -0.3 is 10.4 Å². The fraction of sp³-hybridized carbons (Fsp3) is 0.227. The van der Waals surface area contributed by atoms with Gasteiger partial charge in [-0.3, -0.25) is 4.79 Å². The van der Waals surface area contributed by atoms with Crippen molar-refractivity contribution in [2.24, 2.45) is 0 Å². The van der Waals surface area contributed by atoms with Gasteiger partial charge in [0.25, 0.3) is 5.91 Å². The first-order valence-corrected chi connectivity index (χ1v) is 8.95. The van der Waals surface area contributed by atoms with Crippen LogP contribution in [-0.2, 0) is 6.18 Å². The average molecular weight is 385 g/mol. The van der Waals surface area contributed by atoms with Crippen LogP contribution in [0.15, 0.2) is 60.7 Å². The Balaban J connectivity index is 1.67. The van der Waals surface area contributed by atoms with Gasteiger partial charge in [-0.05, 0) is 59.0 Å². The Morgan fingerprint density at radius 1 is 1.04 bits per heavy atom. The van der Waals surface area contributed by atoms with Gasteiger partial charge in [0.05, 0.1) is 17.7 Å². The summed E-state index contributed by atoms with van der Waals surface area (Å²) in [5.74, 6) is -0.242. The minimum atomic E-state index is -4.37. The van der Waals surface area contributed by atoms with Crippen molar-refractivity contribution < 1.29 is 23.1 Å². The summed E-state index contributed by atoms with van der Waals surface area (Å²) in [4.78, 5) is 12.5. The number of carbonyl (C=O) groups is 1. The molecular formula is C22H18F3NO2. The van der Waals surface area contributed by atoms with Gasteiger partial charge in [-0.1, -0.05) is 36.4 Å². The highest BCUT2D eigenvalue weighted by Gasteiger charge is 2.43. The van der Waals surface area contributed by atoms with Crippen molar-refractivity contribution in [1.29, 1.82) is 0 Å². The molecular weight excluding hydrogens is 367 g/mol. The Labute approximate surface area is 159 Å². The maximum atomic E-state index is 12.8. The first-order valence-electron chi connectivity index (χ1n) is 8.95. The van der Waals surface area contributed by atoms with Crippen molar-refractivity contribution in [1.82, 2.24) is 5.32 Å². The van der Waals surface area contributed by atoms with Crippen molar-refractivity contribution in [3.63, 3.8) is 0 Å². The number of amides is 1. The lowest BCUT2D eigenvalue weighted by molar-refractivity contribution is -0.137. The summed E-state index contributed by atoms with van der Waals surface area (Å²) < 4.78 is 38.4. The molecule has 0 unspecified atom stereocenters. The van der Waals surface area contributed by atoms with Gasteiger partial charge in [0.15, 0.2) is 0 Å². The maximum absolute atomic E-state index is 12.8. The highest BCUT2D eigenvalue weighted by atomic mass is 19.4. The van der Waals surface area contributed by atoms with E-state index in [1.807, 2.05) is 18.2 Å². The van der Waals surface area contributed by atoms with E-state index in [0.29, 0.717) is 11.1 Å². The molecule has 0 heterocycles. The molecule has 3 nitrogen and oxygen atoms in total. The molecule has 0 atom stereocenters. The summed E-state index contributed by atoms with van der Waals surface area (Å²) in [5.41, 5.74) is 0.777. The van der Waals surface area contributed by atoms with Crippen molar-refractivity contribution >= 4 is 16.7 Å². The van der Waals surface area contributed by atoms with Crippen molar-refractivity contribution in [3.05, 3.63) is 71.8 Å². The molecule has 0 spiro atoms. The van der Waals surface area contributed by atoms with Crippen LogP contribution in [0.5, 0.6) is 0 Å². The zero-order valence-corrected chi connectivity index (χ0v) is 14.9. The monoisotopic (exact) mass is 385 g/mol. The van der Waals surface area contributed by atoms with Crippen LogP contribution in [-0.4, -0.2) is 23.2 Å². The molecule has 0 saturated heterocycles. The Hall–Kier alpha value is -2.86. The quantitative estimate of drug-likeness (QED) is 0.679. The average Bonchev–Trinajstić information content (AvgIpc) is 3.46. The second-order valence-corrected chi connectivity index (χ2v) is 7.21. The van der Waals surface area contributed by atoms with E-state index in [0.717, 1.165) is 41.3 Å². The van der Waals surface area contributed by atoms with Gasteiger partial charge >= 0.3 is 6.18 Å². The Morgan fingerprint density at radius 3 is 2.36 bits per heavy atom. The van der Waals surface area contributed by atoms with Crippen LogP contribution >= 0.6 is 0 Å². The zero-order chi connectivity index (χ0) is 19.9. The number of halogens is 3. The first kappa shape index (κ1) is 18.5. The molecule has 6 heteroatoms. The maximum Gasteiger partial charge on any atom is 0.416 e. The van der Waals surface area contributed by atoms with E-state index in [4.69, 9.17) is 0 Å². The number of alkyl halides is 3. The van der Waals surface area contributed by atoms with E-state index in [1.165, 1.54) is 12.1 Å². The van der Waals surface area contributed by atoms with Crippen LogP contribution in [0.25, 0.3) is 21.9 Å². The smallest absolute Gasteiger partial charge is 0.394 e. The third-order valence-electron chi connectivity index (χ3n) is 5.20. The molecule has 0 bridgehead atoms. The van der Waals surface area contributed by atoms with Gasteiger partial charge in [0, 0.05) is 5.56 Å². The zero-order valence-electron chi connectivity index (χ0n) is 14.9. The normalized spacial score (nSPS) is 15.4. The largest absolute Gasteiger partial charge is 0.416 e. The highest BCUT2D eigenvalue weighted by molar-refractivity contribution is 6.03. The van der Waals surface area contributed by atoms with E-state index in [9.17, 15) is 23.1 Å². The second-order valence-electron chi connectivity index (χ2n) is 7.21. The van der Waals surface area contributed by atoms with Crippen LogP contribution in [0.3, 0.4) is 0 Å². The number of carbonyl (C=O) groups excluding carboxylic acids is 1. The minimum Gasteiger partial charge on any atom is -0.394 e. The SMILES string of the molecule is O=C(NC1(CO)CC1)c1ccc2c(-c3ccc(C(F)(F)F)cc3)cccc2c1. The van der Waals surface area contributed by atoms with Crippen LogP contribution in [0.4, 0.5) is 13.2 Å². The molecule has 28 heavy (non-hydrogen) atoms. The predicted molar refractivity (Wildman–Crippen MR) is 101 cm³/mol. The Morgan fingerprint density at radius 2 is 1.75 bits per heavy atom. The van der Waals surface area contributed by atoms with E-state index < -0.39 is 17.3 Å². The number of rotatable bonds is 4. The fourth-order valence-electron chi connectivity index (χ4n) is 3.30. The lowest BCUT2D eigenvalue weighted by Gasteiger charge is -2.15. The molecule has 1 fully saturated rings. The molecule has 0 radical (unpaired) electrons. The van der Waals surface area contributed by atoms with Crippen LogP contribution in [0, 0.1) is 0 Å². The van der Waals surface area contributed by atoms with Gasteiger partial charge in [0.1, 0.15) is 0 Å². The molecule has 2 N–H and O–H groups in total. The molecule has 144 valence electrons. The number of hydrogen-bond donors (Lipinski definition) is 2. The number of fused-ring (bicyclic) bond motifs is 1. The number of aliphatic hydroxyl groups excluding tert-OH is 1. The first-order chi connectivity index (χ1) is 13.3. The van der Waals surface area contributed by atoms with Gasteiger partial charge in [0.2, 0.25) is 0 Å². The summed E-state index contributed by atoms with van der Waals surface area (Å²) in [6, 6.07) is 15.8. The minimum absolute atomic E-state index is 0.0790. The van der Waals surface area contributed by atoms with Gasteiger partial charge in [-0.2, -0.15) is 13.2 Å². The lowest BCUT2D eigenvalue weighted by atomic mass is 9.96. The molecule has 0 aromatic heterocycles. The third kappa shape index (κ3) is 3.47. The number of benzene rings is 3. The summed E-state index contributed by atoms with van der Waals surface area (Å²) in [6.07, 6.45) is -2.84. The molecule has 1 aliphatic rings. The van der Waals surface area contributed by atoms with Crippen molar-refractivity contribution in [2.75, 3.05) is 6.61 Å². The summed E-state index contributed by atoms with van der Waals surface area (Å²) in [6.45, 7) is -0.0790. The van der Waals surface area contributed by atoms with Crippen molar-refractivity contribution in [3.8, 4) is 11.1 Å². The van der Waals surface area contributed by atoms with Crippen LogP contribution < -0.4 is 5.32 Å². The highest BCUT2D eigenvalue weighted by Crippen LogP contribution is 2.36. The molecule has 4 rings (SSSR count). The van der Waals surface area contributed by atoms with Crippen LogP contribution in [0.1, 0.15) is 28.8 Å². The molecule has 0 aliphatic heterocycles. The summed E-state index contributed by atoms with van der Waals surface area (Å²) >= 11 is 0. The number of aliphatic hydroxyl groups is 1. The standard InChI is InChI=1S/C22H18F3NO2/c23-22(24,25)17-7-4-14(5-8-17)18-3-1-2-15-12-16(6-9-19(15)18)20(28)26-21(13-27)10-11-21/h1-9,12,27H,10-11,13H2,(H,26,28). The van der Waals surface area contributed by atoms with E-state index in [2.05, 4.69) is 5.32 Å². The Bertz CT molecular complexity index is 1040. The molecule has 3 aromatic carbocycles. The Kier molecular flexibility index (Phi) is 4.38. The number of hydrogen-bond acceptors (Lipinski definition) is 2. The van der Waals surface area contributed by atoms with Gasteiger partial charge in [-0.25, -0.2) is 0 Å². The van der Waals surface area contributed by atoms with E-state index in [1.54, 1.807) is 18.2 Å². The van der Waals surface area contributed by atoms with Crippen LogP contribution in [0.2, 0.25) is 0 Å². The van der Waals surface area contributed by atoms with E-state index >= 15 is 0 Å². The topological polar surface area (TPSA) is 49.3 Å². The third-order valence-corrected chi connectivity index (χ3v) is 5.20. The molecule has 1 aliphatic carbocycles. The lowest BCUT2D eigenvalue weighted by Crippen LogP contribution is -2.39. The summed E-state index contributed by atoms with van der Waals surface area (Å²) in [7, 11) is 0. The molecule has 1 amide bonds. The second kappa shape index (κ2) is 6.63. The van der Waals surface area contributed by atoms with E-state index in [-0.39, 0.29) is 12.5 Å². The van der Waals surface area contributed by atoms with Crippen molar-refractivity contribution in [2.45, 2.75) is 24.6 Å². The molecule has 3 aromatic rings.